The van der Waals surface area contributed by atoms with Crippen LogP contribution in [-0.4, -0.2) is 38.9 Å². The van der Waals surface area contributed by atoms with E-state index in [1.54, 1.807) is 23.9 Å². The zero-order valence-corrected chi connectivity index (χ0v) is 18.5. The highest BCUT2D eigenvalue weighted by atomic mass is 35.5. The molecule has 0 saturated heterocycles. The minimum Gasteiger partial charge on any atom is -0.461 e. The van der Waals surface area contributed by atoms with Crippen molar-refractivity contribution in [2.75, 3.05) is 13.2 Å². The van der Waals surface area contributed by atoms with E-state index >= 15 is 0 Å². The van der Waals surface area contributed by atoms with Crippen molar-refractivity contribution in [3.05, 3.63) is 66.6 Å². The van der Waals surface area contributed by atoms with Gasteiger partial charge in [-0.2, -0.15) is 5.10 Å². The van der Waals surface area contributed by atoms with Gasteiger partial charge < -0.3 is 10.5 Å². The smallest absolute Gasteiger partial charge is 0.356 e. The van der Waals surface area contributed by atoms with E-state index in [9.17, 15) is 4.79 Å². The zero-order valence-electron chi connectivity index (χ0n) is 16.9. The predicted molar refractivity (Wildman–Crippen MR) is 126 cm³/mol. The average molecular weight is 460 g/mol. The fourth-order valence-electron chi connectivity index (χ4n) is 3.18. The van der Waals surface area contributed by atoms with E-state index in [0.717, 1.165) is 27.7 Å². The highest BCUT2D eigenvalue weighted by molar-refractivity contribution is 5.89. The number of ether oxygens (including phenoxy) is 1. The van der Waals surface area contributed by atoms with Crippen LogP contribution < -0.4 is 5.73 Å². The standard InChI is InChI=1S/C22H21N5O2.2ClH/c1-2-29-22(28)21-13-20(26-27(21)10-8-23)16-7-9-24-19(12-16)17-11-15-5-3-4-6-18(15)25-14-17;;/h3-7,9,11-14H,2,8,10,23H2,1H3;2*1H. The fraction of sp³-hybridized carbons (Fsp3) is 0.182. The number of carbonyl (C=O) groups is 1. The van der Waals surface area contributed by atoms with Crippen molar-refractivity contribution in [2.24, 2.45) is 5.73 Å². The van der Waals surface area contributed by atoms with Crippen LogP contribution in [-0.2, 0) is 11.3 Å². The van der Waals surface area contributed by atoms with E-state index in [4.69, 9.17) is 10.5 Å². The van der Waals surface area contributed by atoms with Gasteiger partial charge >= 0.3 is 5.97 Å². The molecule has 0 aliphatic rings. The van der Waals surface area contributed by atoms with E-state index in [1.165, 1.54) is 0 Å². The quantitative estimate of drug-likeness (QED) is 0.435. The molecule has 4 rings (SSSR count). The van der Waals surface area contributed by atoms with Crippen molar-refractivity contribution in [2.45, 2.75) is 13.5 Å². The number of esters is 1. The van der Waals surface area contributed by atoms with Gasteiger partial charge in [-0.25, -0.2) is 4.79 Å². The molecule has 0 bridgehead atoms. The lowest BCUT2D eigenvalue weighted by molar-refractivity contribution is 0.0512. The molecule has 162 valence electrons. The number of para-hydroxylation sites is 1. The first-order chi connectivity index (χ1) is 14.2. The Morgan fingerprint density at radius 2 is 1.84 bits per heavy atom. The molecule has 1 aromatic carbocycles. The Labute approximate surface area is 192 Å². The van der Waals surface area contributed by atoms with Crippen molar-refractivity contribution >= 4 is 41.7 Å². The lowest BCUT2D eigenvalue weighted by Gasteiger charge is -2.05. The maximum absolute atomic E-state index is 12.3. The molecule has 3 aromatic heterocycles. The van der Waals surface area contributed by atoms with Gasteiger partial charge in [-0.05, 0) is 37.3 Å². The molecule has 3 heterocycles. The second kappa shape index (κ2) is 10.9. The first-order valence-electron chi connectivity index (χ1n) is 9.46. The van der Waals surface area contributed by atoms with Crippen molar-refractivity contribution in [3.63, 3.8) is 0 Å². The summed E-state index contributed by atoms with van der Waals surface area (Å²) >= 11 is 0. The molecule has 9 heteroatoms. The first kappa shape index (κ1) is 24.3. The monoisotopic (exact) mass is 459 g/mol. The van der Waals surface area contributed by atoms with E-state index in [-0.39, 0.29) is 24.8 Å². The lowest BCUT2D eigenvalue weighted by atomic mass is 10.1. The van der Waals surface area contributed by atoms with E-state index in [1.807, 2.05) is 42.6 Å². The molecule has 31 heavy (non-hydrogen) atoms. The Morgan fingerprint density at radius 1 is 1.03 bits per heavy atom. The summed E-state index contributed by atoms with van der Waals surface area (Å²) in [6.07, 6.45) is 3.54. The molecule has 2 N–H and O–H groups in total. The highest BCUT2D eigenvalue weighted by Gasteiger charge is 2.17. The summed E-state index contributed by atoms with van der Waals surface area (Å²) < 4.78 is 6.73. The normalized spacial score (nSPS) is 10.3. The van der Waals surface area contributed by atoms with Crippen LogP contribution in [0.25, 0.3) is 33.4 Å². The van der Waals surface area contributed by atoms with Crippen molar-refractivity contribution in [3.8, 4) is 22.5 Å². The molecule has 0 aliphatic carbocycles. The summed E-state index contributed by atoms with van der Waals surface area (Å²) in [5.74, 6) is -0.410. The summed E-state index contributed by atoms with van der Waals surface area (Å²) in [5.41, 5.74) is 10.2. The molecule has 0 saturated carbocycles. The molecule has 0 atom stereocenters. The molecule has 0 amide bonds. The highest BCUT2D eigenvalue weighted by Crippen LogP contribution is 2.26. The summed E-state index contributed by atoms with van der Waals surface area (Å²) in [6.45, 7) is 2.88. The number of nitrogens with two attached hydrogens (primary N) is 1. The summed E-state index contributed by atoms with van der Waals surface area (Å²) in [4.78, 5) is 21.3. The van der Waals surface area contributed by atoms with Crippen LogP contribution in [0, 0.1) is 0 Å². The minimum atomic E-state index is -0.410. The van der Waals surface area contributed by atoms with Crippen LogP contribution in [0.5, 0.6) is 0 Å². The van der Waals surface area contributed by atoms with Gasteiger partial charge in [0.05, 0.1) is 30.1 Å². The largest absolute Gasteiger partial charge is 0.461 e. The number of nitrogens with zero attached hydrogens (tertiary/aromatic N) is 4. The second-order valence-electron chi connectivity index (χ2n) is 6.49. The van der Waals surface area contributed by atoms with Gasteiger partial charge in [0, 0.05) is 35.5 Å². The molecule has 0 aliphatic heterocycles. The van der Waals surface area contributed by atoms with Crippen molar-refractivity contribution in [1.82, 2.24) is 19.7 Å². The predicted octanol–water partition coefficient (Wildman–Crippen LogP) is 4.14. The van der Waals surface area contributed by atoms with E-state index in [2.05, 4.69) is 21.1 Å². The van der Waals surface area contributed by atoms with Gasteiger partial charge in [-0.15, -0.1) is 24.8 Å². The molecule has 7 nitrogen and oxygen atoms in total. The van der Waals surface area contributed by atoms with Crippen LogP contribution >= 0.6 is 24.8 Å². The molecule has 0 spiro atoms. The topological polar surface area (TPSA) is 95.9 Å². The molecule has 4 aromatic rings. The Morgan fingerprint density at radius 3 is 2.61 bits per heavy atom. The van der Waals surface area contributed by atoms with Gasteiger partial charge in [0.1, 0.15) is 5.69 Å². The van der Waals surface area contributed by atoms with Crippen molar-refractivity contribution in [1.29, 1.82) is 0 Å². The number of carbonyl (C=O) groups excluding carboxylic acids is 1. The molecule has 0 fully saturated rings. The van der Waals surface area contributed by atoms with E-state index < -0.39 is 5.97 Å². The summed E-state index contributed by atoms with van der Waals surface area (Å²) in [7, 11) is 0. The van der Waals surface area contributed by atoms with Crippen LogP contribution in [0.15, 0.2) is 60.9 Å². The number of halogens is 2. The minimum absolute atomic E-state index is 0. The number of hydrogen-bond donors (Lipinski definition) is 1. The fourth-order valence-corrected chi connectivity index (χ4v) is 3.18. The first-order valence-corrected chi connectivity index (χ1v) is 9.46. The van der Waals surface area contributed by atoms with Crippen LogP contribution in [0.4, 0.5) is 0 Å². The number of hydrogen-bond acceptors (Lipinski definition) is 6. The number of aromatic nitrogens is 4. The molecule has 0 unspecified atom stereocenters. The SMILES string of the molecule is CCOC(=O)c1cc(-c2ccnc(-c3cnc4ccccc4c3)c2)nn1CCN.Cl.Cl. The number of fused-ring (bicyclic) bond motifs is 1. The third-order valence-corrected chi connectivity index (χ3v) is 4.55. The number of pyridine rings is 2. The van der Waals surface area contributed by atoms with Gasteiger partial charge in [-0.1, -0.05) is 18.2 Å². The second-order valence-corrected chi connectivity index (χ2v) is 6.49. The van der Waals surface area contributed by atoms with Gasteiger partial charge in [0.15, 0.2) is 0 Å². The van der Waals surface area contributed by atoms with Gasteiger partial charge in [0.2, 0.25) is 0 Å². The summed E-state index contributed by atoms with van der Waals surface area (Å²) in [5, 5.41) is 5.60. The number of rotatable bonds is 6. The Balaban J connectivity index is 0.00000171. The average Bonchev–Trinajstić information content (AvgIpc) is 3.18. The Kier molecular flexibility index (Phi) is 8.50. The maximum Gasteiger partial charge on any atom is 0.356 e. The zero-order chi connectivity index (χ0) is 20.2. The van der Waals surface area contributed by atoms with E-state index in [0.29, 0.717) is 31.1 Å². The molecule has 0 radical (unpaired) electrons. The van der Waals surface area contributed by atoms with Gasteiger partial charge in [0.25, 0.3) is 0 Å². The Bertz CT molecular complexity index is 1180. The Hall–Kier alpha value is -3.00. The lowest BCUT2D eigenvalue weighted by Crippen LogP contribution is -2.17. The van der Waals surface area contributed by atoms with Gasteiger partial charge in [-0.3, -0.25) is 14.6 Å². The third-order valence-electron chi connectivity index (χ3n) is 4.55. The van der Waals surface area contributed by atoms with Crippen LogP contribution in [0.3, 0.4) is 0 Å². The van der Waals surface area contributed by atoms with Crippen LogP contribution in [0.2, 0.25) is 0 Å². The molecular weight excluding hydrogens is 437 g/mol. The number of benzene rings is 1. The van der Waals surface area contributed by atoms with Crippen molar-refractivity contribution < 1.29 is 9.53 Å². The maximum atomic E-state index is 12.3. The van der Waals surface area contributed by atoms with Crippen LogP contribution in [0.1, 0.15) is 17.4 Å². The molecular formula is C22H23Cl2N5O2. The third kappa shape index (κ3) is 5.19. The summed E-state index contributed by atoms with van der Waals surface area (Å²) in [6, 6.07) is 15.5.